The fourth-order valence-electron chi connectivity index (χ4n) is 2.46. The van der Waals surface area contributed by atoms with Crippen LogP contribution in [0.1, 0.15) is 36.3 Å². The topological polar surface area (TPSA) is 46.5 Å². The number of halogens is 3. The summed E-state index contributed by atoms with van der Waals surface area (Å²) in [5, 5.41) is 8.74. The molecule has 1 aliphatic heterocycles. The zero-order chi connectivity index (χ0) is 14.8. The maximum absolute atomic E-state index is 12.5. The molecule has 1 saturated heterocycles. The van der Waals surface area contributed by atoms with Crippen molar-refractivity contribution < 1.29 is 27.8 Å². The van der Waals surface area contributed by atoms with Crippen LogP contribution in [0.2, 0.25) is 0 Å². The van der Waals surface area contributed by atoms with E-state index in [2.05, 4.69) is 0 Å². The predicted octanol–water partition coefficient (Wildman–Crippen LogP) is 3.44. The van der Waals surface area contributed by atoms with Crippen LogP contribution in [0.25, 0.3) is 0 Å². The highest BCUT2D eigenvalue weighted by molar-refractivity contribution is 5.67. The lowest BCUT2D eigenvalue weighted by atomic mass is 9.87. The fourth-order valence-corrected chi connectivity index (χ4v) is 2.46. The van der Waals surface area contributed by atoms with Gasteiger partial charge in [-0.1, -0.05) is 12.1 Å². The number of hydrogen-bond acceptors (Lipinski definition) is 2. The largest absolute Gasteiger partial charge is 0.481 e. The Morgan fingerprint density at radius 3 is 2.50 bits per heavy atom. The van der Waals surface area contributed by atoms with E-state index in [1.54, 1.807) is 0 Å². The van der Waals surface area contributed by atoms with Crippen molar-refractivity contribution >= 4 is 5.97 Å². The Hall–Kier alpha value is -1.56. The first-order chi connectivity index (χ1) is 9.36. The Bertz CT molecular complexity index is 468. The molecule has 1 fully saturated rings. The van der Waals surface area contributed by atoms with Crippen molar-refractivity contribution in [3.63, 3.8) is 0 Å². The normalized spacial score (nSPS) is 23.6. The van der Waals surface area contributed by atoms with E-state index in [1.165, 1.54) is 12.1 Å². The zero-order valence-corrected chi connectivity index (χ0v) is 10.7. The van der Waals surface area contributed by atoms with Gasteiger partial charge in [-0.05, 0) is 36.5 Å². The molecule has 0 amide bonds. The van der Waals surface area contributed by atoms with Crippen molar-refractivity contribution in [1.82, 2.24) is 0 Å². The first-order valence-electron chi connectivity index (χ1n) is 6.37. The van der Waals surface area contributed by atoms with Crippen molar-refractivity contribution in [2.75, 3.05) is 6.61 Å². The molecule has 1 N–H and O–H groups in total. The quantitative estimate of drug-likeness (QED) is 0.926. The summed E-state index contributed by atoms with van der Waals surface area (Å²) in [7, 11) is 0. The van der Waals surface area contributed by atoms with Gasteiger partial charge in [0, 0.05) is 6.61 Å². The molecular weight excluding hydrogens is 273 g/mol. The highest BCUT2D eigenvalue weighted by Gasteiger charge is 2.31. The second-order valence-corrected chi connectivity index (χ2v) is 4.93. The van der Waals surface area contributed by atoms with E-state index >= 15 is 0 Å². The molecule has 0 spiro atoms. The minimum absolute atomic E-state index is 0.0513. The second-order valence-electron chi connectivity index (χ2n) is 4.93. The molecule has 2 atom stereocenters. The third-order valence-electron chi connectivity index (χ3n) is 3.48. The lowest BCUT2D eigenvalue weighted by molar-refractivity contribution is -0.141. The van der Waals surface area contributed by atoms with Crippen LogP contribution in [0.5, 0.6) is 0 Å². The van der Waals surface area contributed by atoms with E-state index < -0.39 is 17.7 Å². The molecule has 20 heavy (non-hydrogen) atoms. The molecule has 0 saturated carbocycles. The maximum atomic E-state index is 12.5. The molecular formula is C14H15F3O3. The maximum Gasteiger partial charge on any atom is 0.416 e. The summed E-state index contributed by atoms with van der Waals surface area (Å²) in [6, 6.07) is 5.07. The molecule has 1 aliphatic rings. The Morgan fingerprint density at radius 1 is 1.30 bits per heavy atom. The number of aliphatic carboxylic acids is 1. The number of ether oxygens (including phenoxy) is 1. The molecule has 3 nitrogen and oxygen atoms in total. The molecule has 0 radical (unpaired) electrons. The zero-order valence-electron chi connectivity index (χ0n) is 10.7. The number of carboxylic acid groups (broad SMARTS) is 1. The van der Waals surface area contributed by atoms with Gasteiger partial charge in [0.05, 0.1) is 18.1 Å². The first kappa shape index (κ1) is 14.8. The van der Waals surface area contributed by atoms with Gasteiger partial charge in [0.15, 0.2) is 0 Å². The number of benzene rings is 1. The van der Waals surface area contributed by atoms with Crippen LogP contribution in [-0.2, 0) is 15.7 Å². The predicted molar refractivity (Wildman–Crippen MR) is 65.4 cm³/mol. The Morgan fingerprint density at radius 2 is 1.95 bits per heavy atom. The fraction of sp³-hybridized carbons (Fsp3) is 0.500. The van der Waals surface area contributed by atoms with Gasteiger partial charge in [-0.25, -0.2) is 0 Å². The van der Waals surface area contributed by atoms with Gasteiger partial charge in [-0.3, -0.25) is 4.79 Å². The third-order valence-corrected chi connectivity index (χ3v) is 3.48. The Kier molecular flexibility index (Phi) is 4.32. The van der Waals surface area contributed by atoms with Gasteiger partial charge in [0.2, 0.25) is 0 Å². The molecule has 110 valence electrons. The van der Waals surface area contributed by atoms with Gasteiger partial charge in [0.1, 0.15) is 0 Å². The van der Waals surface area contributed by atoms with Gasteiger partial charge in [0.25, 0.3) is 0 Å². The molecule has 0 aliphatic carbocycles. The van der Waals surface area contributed by atoms with E-state index in [4.69, 9.17) is 9.84 Å². The van der Waals surface area contributed by atoms with E-state index in [1.807, 2.05) is 0 Å². The van der Waals surface area contributed by atoms with E-state index in [9.17, 15) is 18.0 Å². The Balaban J connectivity index is 2.05. The highest BCUT2D eigenvalue weighted by atomic mass is 19.4. The molecule has 1 heterocycles. The van der Waals surface area contributed by atoms with E-state index in [0.717, 1.165) is 17.7 Å². The van der Waals surface area contributed by atoms with Crippen LogP contribution in [0.4, 0.5) is 13.2 Å². The lowest BCUT2D eigenvalue weighted by Crippen LogP contribution is -2.26. The standard InChI is InChI=1S/C14H15F3O3/c15-14(16,17)11-3-1-9(2-4-11)10-5-6-20-12(7-10)8-13(18)19/h1-4,10,12H,5-8H2,(H,18,19)/t10-,12+/m0/s1. The van der Waals surface area contributed by atoms with Crippen LogP contribution >= 0.6 is 0 Å². The van der Waals surface area contributed by atoms with Crippen molar-refractivity contribution in [2.45, 2.75) is 37.5 Å². The summed E-state index contributed by atoms with van der Waals surface area (Å²) in [6.07, 6.45) is -3.55. The van der Waals surface area contributed by atoms with Crippen LogP contribution in [0.3, 0.4) is 0 Å². The van der Waals surface area contributed by atoms with Crippen LogP contribution in [0.15, 0.2) is 24.3 Å². The highest BCUT2D eigenvalue weighted by Crippen LogP contribution is 2.34. The summed E-state index contributed by atoms with van der Waals surface area (Å²) >= 11 is 0. The van der Waals surface area contributed by atoms with Crippen molar-refractivity contribution in [3.8, 4) is 0 Å². The summed E-state index contributed by atoms with van der Waals surface area (Å²) in [5.74, 6) is -0.876. The summed E-state index contributed by atoms with van der Waals surface area (Å²) < 4.78 is 42.8. The van der Waals surface area contributed by atoms with E-state index in [0.29, 0.717) is 19.4 Å². The average molecular weight is 288 g/mol. The van der Waals surface area contributed by atoms with Gasteiger partial charge in [-0.2, -0.15) is 13.2 Å². The number of hydrogen-bond donors (Lipinski definition) is 1. The smallest absolute Gasteiger partial charge is 0.416 e. The Labute approximate surface area is 114 Å². The summed E-state index contributed by atoms with van der Waals surface area (Å²) in [5.41, 5.74) is 0.132. The number of alkyl halides is 3. The van der Waals surface area contributed by atoms with Gasteiger partial charge < -0.3 is 9.84 Å². The molecule has 1 aromatic rings. The van der Waals surface area contributed by atoms with Crippen molar-refractivity contribution in [1.29, 1.82) is 0 Å². The van der Waals surface area contributed by atoms with Gasteiger partial charge in [-0.15, -0.1) is 0 Å². The molecule has 0 bridgehead atoms. The third kappa shape index (κ3) is 3.72. The number of rotatable bonds is 3. The second kappa shape index (κ2) is 5.83. The summed E-state index contributed by atoms with van der Waals surface area (Å²) in [4.78, 5) is 10.7. The number of carbonyl (C=O) groups is 1. The monoisotopic (exact) mass is 288 g/mol. The van der Waals surface area contributed by atoms with Crippen molar-refractivity contribution in [3.05, 3.63) is 35.4 Å². The van der Waals surface area contributed by atoms with Crippen molar-refractivity contribution in [2.24, 2.45) is 0 Å². The molecule has 0 aromatic heterocycles. The van der Waals surface area contributed by atoms with Gasteiger partial charge >= 0.3 is 12.1 Å². The minimum Gasteiger partial charge on any atom is -0.481 e. The minimum atomic E-state index is -4.33. The molecule has 6 heteroatoms. The first-order valence-corrected chi connectivity index (χ1v) is 6.37. The molecule has 2 rings (SSSR count). The lowest BCUT2D eigenvalue weighted by Gasteiger charge is -2.29. The number of carboxylic acids is 1. The SMILES string of the molecule is O=C(O)C[C@H]1C[C@@H](c2ccc(C(F)(F)F)cc2)CCO1. The van der Waals surface area contributed by atoms with Crippen LogP contribution in [0, 0.1) is 0 Å². The van der Waals surface area contributed by atoms with Crippen LogP contribution < -0.4 is 0 Å². The van der Waals surface area contributed by atoms with E-state index in [-0.39, 0.29) is 18.4 Å². The molecule has 1 aromatic carbocycles. The van der Waals surface area contributed by atoms with Crippen LogP contribution in [-0.4, -0.2) is 23.8 Å². The average Bonchev–Trinajstić information content (AvgIpc) is 2.37. The molecule has 0 unspecified atom stereocenters. The summed E-state index contributed by atoms with van der Waals surface area (Å²) in [6.45, 7) is 0.434.